The summed E-state index contributed by atoms with van der Waals surface area (Å²) in [4.78, 5) is 8.34. The van der Waals surface area contributed by atoms with Gasteiger partial charge >= 0.3 is 0 Å². The monoisotopic (exact) mass is 225 g/mol. The third-order valence-electron chi connectivity index (χ3n) is 1.40. The van der Waals surface area contributed by atoms with E-state index in [0.29, 0.717) is 0 Å². The van der Waals surface area contributed by atoms with Crippen LogP contribution in [0.4, 0.5) is 5.82 Å². The van der Waals surface area contributed by atoms with Gasteiger partial charge in [-0.15, -0.1) is 10.2 Å². The minimum Gasteiger partial charge on any atom is -0.372 e. The maximum atomic E-state index is 4.29. The van der Waals surface area contributed by atoms with E-state index in [2.05, 4.69) is 25.5 Å². The second kappa shape index (κ2) is 4.34. The molecule has 0 saturated carbocycles. The quantitative estimate of drug-likeness (QED) is 0.854. The van der Waals surface area contributed by atoms with Crippen molar-refractivity contribution >= 4 is 28.9 Å². The molecule has 0 bridgehead atoms. The summed E-state index contributed by atoms with van der Waals surface area (Å²) in [5.74, 6) is 0.750. The third-order valence-corrected chi connectivity index (χ3v) is 3.08. The van der Waals surface area contributed by atoms with Crippen molar-refractivity contribution in [3.63, 3.8) is 0 Å². The van der Waals surface area contributed by atoms with Gasteiger partial charge in [-0.3, -0.25) is 4.98 Å². The zero-order valence-electron chi connectivity index (χ0n) is 7.34. The Labute approximate surface area is 89.0 Å². The minimum atomic E-state index is 0.750. The molecule has 0 unspecified atom stereocenters. The number of aromatic nitrogens is 4. The van der Waals surface area contributed by atoms with Gasteiger partial charge < -0.3 is 5.32 Å². The van der Waals surface area contributed by atoms with Crippen molar-refractivity contribution in [2.24, 2.45) is 0 Å². The van der Waals surface area contributed by atoms with Crippen LogP contribution in [0.15, 0.2) is 27.3 Å². The average molecular weight is 225 g/mol. The van der Waals surface area contributed by atoms with Gasteiger partial charge in [0.25, 0.3) is 0 Å². The smallest absolute Gasteiger partial charge is 0.180 e. The van der Waals surface area contributed by atoms with Gasteiger partial charge in [-0.1, -0.05) is 11.3 Å². The first-order valence-corrected chi connectivity index (χ1v) is 5.52. The van der Waals surface area contributed by atoms with E-state index in [1.807, 2.05) is 7.05 Å². The summed E-state index contributed by atoms with van der Waals surface area (Å²) < 4.78 is 0.868. The lowest BCUT2D eigenvalue weighted by molar-refractivity contribution is 0.999. The molecule has 2 heterocycles. The highest BCUT2D eigenvalue weighted by atomic mass is 32.2. The predicted octanol–water partition coefficient (Wildman–Crippen LogP) is 1.52. The molecule has 0 saturated heterocycles. The molecule has 2 rings (SSSR count). The summed E-state index contributed by atoms with van der Waals surface area (Å²) in [5.41, 5.74) is 1.69. The molecule has 1 N–H and O–H groups in total. The fourth-order valence-corrected chi connectivity index (χ4v) is 2.20. The van der Waals surface area contributed by atoms with Crippen LogP contribution in [0.1, 0.15) is 0 Å². The molecule has 14 heavy (non-hydrogen) atoms. The van der Waals surface area contributed by atoms with E-state index in [9.17, 15) is 0 Å². The predicted molar refractivity (Wildman–Crippen MR) is 55.6 cm³/mol. The van der Waals surface area contributed by atoms with E-state index >= 15 is 0 Å². The Morgan fingerprint density at radius 1 is 1.43 bits per heavy atom. The first-order chi connectivity index (χ1) is 6.88. The van der Waals surface area contributed by atoms with Crippen molar-refractivity contribution in [1.29, 1.82) is 0 Å². The van der Waals surface area contributed by atoms with Crippen LogP contribution >= 0.6 is 23.1 Å². The Balaban J connectivity index is 2.17. The molecule has 0 aliphatic rings. The van der Waals surface area contributed by atoms with Crippen molar-refractivity contribution in [1.82, 2.24) is 20.2 Å². The maximum absolute atomic E-state index is 4.29. The fraction of sp³-hybridized carbons (Fsp3) is 0.143. The maximum Gasteiger partial charge on any atom is 0.180 e. The molecule has 7 heteroatoms. The van der Waals surface area contributed by atoms with Crippen LogP contribution in [-0.2, 0) is 0 Å². The topological polar surface area (TPSA) is 63.6 Å². The van der Waals surface area contributed by atoms with Gasteiger partial charge in [0.15, 0.2) is 4.34 Å². The number of hydrogen-bond donors (Lipinski definition) is 1. The average Bonchev–Trinajstić information content (AvgIpc) is 2.71. The van der Waals surface area contributed by atoms with E-state index in [0.717, 1.165) is 15.2 Å². The van der Waals surface area contributed by atoms with Gasteiger partial charge in [-0.2, -0.15) is 0 Å². The normalized spacial score (nSPS) is 10.1. The molecule has 0 spiro atoms. The standard InChI is InChI=1S/C7H7N5S2/c1-8-5-2-9-3-6(11-5)14-7-12-10-4-13-7/h2-4H,1H3,(H,8,11). The highest BCUT2D eigenvalue weighted by Crippen LogP contribution is 2.26. The van der Waals surface area contributed by atoms with Gasteiger partial charge in [0.05, 0.1) is 12.4 Å². The van der Waals surface area contributed by atoms with Crippen molar-refractivity contribution in [3.8, 4) is 0 Å². The Morgan fingerprint density at radius 2 is 2.36 bits per heavy atom. The van der Waals surface area contributed by atoms with Crippen LogP contribution in [0.25, 0.3) is 0 Å². The Bertz CT molecular complexity index is 402. The van der Waals surface area contributed by atoms with Crippen molar-refractivity contribution in [2.75, 3.05) is 12.4 Å². The largest absolute Gasteiger partial charge is 0.372 e. The minimum absolute atomic E-state index is 0.750. The third kappa shape index (κ3) is 2.18. The lowest BCUT2D eigenvalue weighted by Crippen LogP contribution is -1.93. The van der Waals surface area contributed by atoms with E-state index in [-0.39, 0.29) is 0 Å². The molecule has 0 fully saturated rings. The van der Waals surface area contributed by atoms with Gasteiger partial charge in [0.2, 0.25) is 0 Å². The van der Waals surface area contributed by atoms with Crippen molar-refractivity contribution in [2.45, 2.75) is 9.37 Å². The number of nitrogens with zero attached hydrogens (tertiary/aromatic N) is 4. The lowest BCUT2D eigenvalue weighted by Gasteiger charge is -1.99. The molecule has 5 nitrogen and oxygen atoms in total. The summed E-state index contributed by atoms with van der Waals surface area (Å²) in [6.45, 7) is 0. The number of anilines is 1. The molecule has 0 aliphatic carbocycles. The number of hydrogen-bond acceptors (Lipinski definition) is 7. The summed E-state index contributed by atoms with van der Waals surface area (Å²) in [6.07, 6.45) is 3.37. The zero-order valence-corrected chi connectivity index (χ0v) is 8.97. The van der Waals surface area contributed by atoms with Crippen molar-refractivity contribution < 1.29 is 0 Å². The van der Waals surface area contributed by atoms with Gasteiger partial charge in [-0.05, 0) is 11.8 Å². The molecular weight excluding hydrogens is 218 g/mol. The van der Waals surface area contributed by atoms with Crippen LogP contribution in [-0.4, -0.2) is 27.2 Å². The first-order valence-electron chi connectivity index (χ1n) is 3.82. The fourth-order valence-electron chi connectivity index (χ4n) is 0.815. The molecule has 2 aromatic heterocycles. The molecule has 2 aromatic rings. The highest BCUT2D eigenvalue weighted by Gasteiger charge is 2.02. The summed E-state index contributed by atoms with van der Waals surface area (Å²) >= 11 is 2.94. The second-order valence-corrected chi connectivity index (χ2v) is 4.40. The number of rotatable bonds is 3. The molecule has 0 amide bonds. The Morgan fingerprint density at radius 3 is 3.07 bits per heavy atom. The molecule has 0 aliphatic heterocycles. The Kier molecular flexibility index (Phi) is 2.90. The Hall–Kier alpha value is -1.21. The highest BCUT2D eigenvalue weighted by molar-refractivity contribution is 8.00. The van der Waals surface area contributed by atoms with Gasteiger partial charge in [0.1, 0.15) is 16.4 Å². The molecule has 0 radical (unpaired) electrons. The van der Waals surface area contributed by atoms with Gasteiger partial charge in [-0.25, -0.2) is 4.98 Å². The summed E-state index contributed by atoms with van der Waals surface area (Å²) in [7, 11) is 1.81. The summed E-state index contributed by atoms with van der Waals surface area (Å²) in [6, 6.07) is 0. The van der Waals surface area contributed by atoms with E-state index < -0.39 is 0 Å². The summed E-state index contributed by atoms with van der Waals surface area (Å²) in [5, 5.41) is 11.4. The molecular formula is C7H7N5S2. The van der Waals surface area contributed by atoms with Crippen LogP contribution in [0, 0.1) is 0 Å². The van der Waals surface area contributed by atoms with Crippen LogP contribution in [0.5, 0.6) is 0 Å². The SMILES string of the molecule is CNc1cncc(Sc2nncs2)n1. The zero-order chi connectivity index (χ0) is 9.80. The second-order valence-electron chi connectivity index (χ2n) is 2.30. The molecule has 0 aromatic carbocycles. The number of nitrogens with one attached hydrogen (secondary N) is 1. The van der Waals surface area contributed by atoms with Crippen LogP contribution < -0.4 is 5.32 Å². The van der Waals surface area contributed by atoms with E-state index in [1.165, 1.54) is 23.1 Å². The molecule has 0 atom stereocenters. The van der Waals surface area contributed by atoms with Crippen LogP contribution in [0.2, 0.25) is 0 Å². The first kappa shape index (κ1) is 9.35. The van der Waals surface area contributed by atoms with E-state index in [1.54, 1.807) is 17.9 Å². The molecule has 72 valence electrons. The lowest BCUT2D eigenvalue weighted by atomic mass is 10.7. The van der Waals surface area contributed by atoms with Gasteiger partial charge in [0, 0.05) is 7.05 Å². The van der Waals surface area contributed by atoms with Crippen molar-refractivity contribution in [3.05, 3.63) is 17.9 Å². The van der Waals surface area contributed by atoms with E-state index in [4.69, 9.17) is 0 Å². The van der Waals surface area contributed by atoms with Crippen LogP contribution in [0.3, 0.4) is 0 Å².